The Balaban J connectivity index is 1.90. The van der Waals surface area contributed by atoms with Crippen LogP contribution >= 0.6 is 0 Å². The van der Waals surface area contributed by atoms with Gasteiger partial charge < -0.3 is 5.73 Å². The van der Waals surface area contributed by atoms with Crippen molar-refractivity contribution < 1.29 is 0 Å². The molecule has 1 aliphatic rings. The van der Waals surface area contributed by atoms with Crippen molar-refractivity contribution in [2.24, 2.45) is 12.8 Å². The van der Waals surface area contributed by atoms with E-state index in [1.807, 2.05) is 11.7 Å². The molecule has 4 heteroatoms. The van der Waals surface area contributed by atoms with E-state index in [0.29, 0.717) is 6.04 Å². The summed E-state index contributed by atoms with van der Waals surface area (Å²) in [5.74, 6) is 0. The van der Waals surface area contributed by atoms with Crippen LogP contribution in [0.15, 0.2) is 24.3 Å². The second-order valence-electron chi connectivity index (χ2n) is 4.87. The SMILES string of the molecule is Cn1nc(CN2CC[C@H](N)C2)c2ccccc21. The second-order valence-corrected chi connectivity index (χ2v) is 4.87. The summed E-state index contributed by atoms with van der Waals surface area (Å²) in [6.07, 6.45) is 1.10. The molecule has 17 heavy (non-hydrogen) atoms. The summed E-state index contributed by atoms with van der Waals surface area (Å²) in [4.78, 5) is 2.39. The van der Waals surface area contributed by atoms with Gasteiger partial charge >= 0.3 is 0 Å². The largest absolute Gasteiger partial charge is 0.326 e. The minimum atomic E-state index is 0.338. The van der Waals surface area contributed by atoms with Crippen LogP contribution in [0.3, 0.4) is 0 Å². The van der Waals surface area contributed by atoms with Crippen LogP contribution in [0.25, 0.3) is 10.9 Å². The van der Waals surface area contributed by atoms with Gasteiger partial charge in [0.15, 0.2) is 0 Å². The molecule has 0 radical (unpaired) electrons. The number of aryl methyl sites for hydroxylation is 1. The number of para-hydroxylation sites is 1. The van der Waals surface area contributed by atoms with E-state index in [1.165, 1.54) is 10.9 Å². The average molecular weight is 230 g/mol. The maximum absolute atomic E-state index is 5.93. The molecule has 2 aromatic rings. The number of nitrogens with two attached hydrogens (primary N) is 1. The highest BCUT2D eigenvalue weighted by atomic mass is 15.3. The van der Waals surface area contributed by atoms with E-state index in [-0.39, 0.29) is 0 Å². The lowest BCUT2D eigenvalue weighted by molar-refractivity contribution is 0.323. The van der Waals surface area contributed by atoms with E-state index < -0.39 is 0 Å². The minimum absolute atomic E-state index is 0.338. The molecule has 2 heterocycles. The molecule has 0 aliphatic carbocycles. The van der Waals surface area contributed by atoms with Gasteiger partial charge in [-0.25, -0.2) is 0 Å². The van der Waals surface area contributed by atoms with Gasteiger partial charge in [0.2, 0.25) is 0 Å². The van der Waals surface area contributed by atoms with E-state index >= 15 is 0 Å². The van der Waals surface area contributed by atoms with E-state index in [4.69, 9.17) is 5.73 Å². The third-order valence-electron chi connectivity index (χ3n) is 3.52. The summed E-state index contributed by atoms with van der Waals surface area (Å²) < 4.78 is 1.96. The first-order valence-corrected chi connectivity index (χ1v) is 6.12. The molecule has 1 fully saturated rings. The van der Waals surface area contributed by atoms with Crippen molar-refractivity contribution in [1.29, 1.82) is 0 Å². The normalized spacial score (nSPS) is 21.4. The van der Waals surface area contributed by atoms with Crippen molar-refractivity contribution in [2.45, 2.75) is 19.0 Å². The van der Waals surface area contributed by atoms with Gasteiger partial charge in [0.05, 0.1) is 11.2 Å². The zero-order valence-electron chi connectivity index (χ0n) is 10.1. The summed E-state index contributed by atoms with van der Waals surface area (Å²) in [6, 6.07) is 8.72. The number of aromatic nitrogens is 2. The number of benzene rings is 1. The summed E-state index contributed by atoms with van der Waals surface area (Å²) in [7, 11) is 2.00. The standard InChI is InChI=1S/C13H18N4/c1-16-13-5-3-2-4-11(13)12(15-16)9-17-7-6-10(14)8-17/h2-5,10H,6-9,14H2,1H3/t10-/m0/s1. The van der Waals surface area contributed by atoms with E-state index in [1.54, 1.807) is 0 Å². The molecular weight excluding hydrogens is 212 g/mol. The Labute approximate surface area is 101 Å². The van der Waals surface area contributed by atoms with Crippen molar-refractivity contribution in [3.05, 3.63) is 30.0 Å². The van der Waals surface area contributed by atoms with Crippen LogP contribution in [0.4, 0.5) is 0 Å². The molecule has 1 aromatic carbocycles. The highest BCUT2D eigenvalue weighted by molar-refractivity contribution is 5.81. The van der Waals surface area contributed by atoms with Gasteiger partial charge in [-0.15, -0.1) is 0 Å². The van der Waals surface area contributed by atoms with Crippen LogP contribution < -0.4 is 5.73 Å². The van der Waals surface area contributed by atoms with Crippen LogP contribution in [-0.4, -0.2) is 33.8 Å². The topological polar surface area (TPSA) is 47.1 Å². The fourth-order valence-corrected chi connectivity index (χ4v) is 2.62. The molecule has 0 unspecified atom stereocenters. The first-order valence-electron chi connectivity index (χ1n) is 6.12. The zero-order valence-corrected chi connectivity index (χ0v) is 10.1. The smallest absolute Gasteiger partial charge is 0.0843 e. The number of nitrogens with zero attached hydrogens (tertiary/aromatic N) is 3. The highest BCUT2D eigenvalue weighted by Crippen LogP contribution is 2.20. The van der Waals surface area contributed by atoms with Gasteiger partial charge in [-0.1, -0.05) is 18.2 Å². The molecule has 1 aromatic heterocycles. The van der Waals surface area contributed by atoms with Gasteiger partial charge in [0.1, 0.15) is 0 Å². The Morgan fingerprint density at radius 1 is 1.41 bits per heavy atom. The van der Waals surface area contributed by atoms with Crippen LogP contribution in [0.2, 0.25) is 0 Å². The van der Waals surface area contributed by atoms with E-state index in [2.05, 4.69) is 34.3 Å². The average Bonchev–Trinajstić information content (AvgIpc) is 2.86. The minimum Gasteiger partial charge on any atom is -0.326 e. The molecule has 1 saturated heterocycles. The maximum atomic E-state index is 5.93. The van der Waals surface area contributed by atoms with Gasteiger partial charge in [-0.2, -0.15) is 5.10 Å². The van der Waals surface area contributed by atoms with E-state index in [9.17, 15) is 0 Å². The zero-order chi connectivity index (χ0) is 11.8. The highest BCUT2D eigenvalue weighted by Gasteiger charge is 2.20. The lowest BCUT2D eigenvalue weighted by Crippen LogP contribution is -2.26. The fourth-order valence-electron chi connectivity index (χ4n) is 2.62. The number of fused-ring (bicyclic) bond motifs is 1. The summed E-state index contributed by atoms with van der Waals surface area (Å²) >= 11 is 0. The third-order valence-corrected chi connectivity index (χ3v) is 3.52. The summed E-state index contributed by atoms with van der Waals surface area (Å²) in [5.41, 5.74) is 8.29. The molecule has 0 amide bonds. The van der Waals surface area contributed by atoms with Gasteiger partial charge in [0, 0.05) is 38.1 Å². The lowest BCUT2D eigenvalue weighted by atomic mass is 10.2. The molecular formula is C13H18N4. The van der Waals surface area contributed by atoms with Gasteiger partial charge in [-0.05, 0) is 12.5 Å². The molecule has 0 bridgehead atoms. The Morgan fingerprint density at radius 2 is 2.24 bits per heavy atom. The molecule has 0 spiro atoms. The van der Waals surface area contributed by atoms with Crippen molar-refractivity contribution in [2.75, 3.05) is 13.1 Å². The Kier molecular flexibility index (Phi) is 2.61. The number of hydrogen-bond donors (Lipinski definition) is 1. The molecule has 2 N–H and O–H groups in total. The molecule has 90 valence electrons. The molecule has 0 saturated carbocycles. The number of likely N-dealkylation sites (tertiary alicyclic amines) is 1. The van der Waals surface area contributed by atoms with Crippen molar-refractivity contribution in [3.63, 3.8) is 0 Å². The van der Waals surface area contributed by atoms with Crippen LogP contribution in [0, 0.1) is 0 Å². The molecule has 4 nitrogen and oxygen atoms in total. The van der Waals surface area contributed by atoms with Crippen molar-refractivity contribution in [1.82, 2.24) is 14.7 Å². The van der Waals surface area contributed by atoms with Crippen LogP contribution in [-0.2, 0) is 13.6 Å². The quantitative estimate of drug-likeness (QED) is 0.840. The van der Waals surface area contributed by atoms with Crippen LogP contribution in [0.1, 0.15) is 12.1 Å². The first kappa shape index (κ1) is 10.7. The fraction of sp³-hybridized carbons (Fsp3) is 0.462. The van der Waals surface area contributed by atoms with Gasteiger partial charge in [0.25, 0.3) is 0 Å². The summed E-state index contributed by atoms with van der Waals surface area (Å²) in [5, 5.41) is 5.87. The Bertz CT molecular complexity index is 531. The van der Waals surface area contributed by atoms with Crippen LogP contribution in [0.5, 0.6) is 0 Å². The predicted molar refractivity (Wildman–Crippen MR) is 68.6 cm³/mol. The number of hydrogen-bond acceptors (Lipinski definition) is 3. The Hall–Kier alpha value is -1.39. The molecule has 3 rings (SSSR count). The predicted octanol–water partition coefficient (Wildman–Crippen LogP) is 1.11. The molecule has 1 atom stereocenters. The van der Waals surface area contributed by atoms with Crippen molar-refractivity contribution >= 4 is 10.9 Å². The third kappa shape index (κ3) is 1.94. The maximum Gasteiger partial charge on any atom is 0.0843 e. The van der Waals surface area contributed by atoms with Gasteiger partial charge in [-0.3, -0.25) is 9.58 Å². The first-order chi connectivity index (χ1) is 8.24. The lowest BCUT2D eigenvalue weighted by Gasteiger charge is -2.13. The summed E-state index contributed by atoms with van der Waals surface area (Å²) in [6.45, 7) is 2.99. The Morgan fingerprint density at radius 3 is 3.00 bits per heavy atom. The second kappa shape index (κ2) is 4.13. The monoisotopic (exact) mass is 230 g/mol. The van der Waals surface area contributed by atoms with Crippen molar-refractivity contribution in [3.8, 4) is 0 Å². The number of rotatable bonds is 2. The molecule has 1 aliphatic heterocycles. The van der Waals surface area contributed by atoms with E-state index in [0.717, 1.165) is 31.7 Å².